The van der Waals surface area contributed by atoms with Crippen LogP contribution in [0.25, 0.3) is 0 Å². The molecule has 0 atom stereocenters. The number of thiazole rings is 1. The quantitative estimate of drug-likeness (QED) is 0.674. The van der Waals surface area contributed by atoms with Crippen molar-refractivity contribution < 1.29 is 18.3 Å². The van der Waals surface area contributed by atoms with Gasteiger partial charge < -0.3 is 10.1 Å². The van der Waals surface area contributed by atoms with Crippen LogP contribution >= 0.6 is 22.9 Å². The Kier molecular flexibility index (Phi) is 6.28. The van der Waals surface area contributed by atoms with Crippen LogP contribution in [-0.4, -0.2) is 17.6 Å². The fourth-order valence-electron chi connectivity index (χ4n) is 1.75. The predicted octanol–water partition coefficient (Wildman–Crippen LogP) is 5.57. The lowest BCUT2D eigenvalue weighted by Gasteiger charge is -2.03. The normalized spacial score (nSPS) is 10.4. The van der Waals surface area contributed by atoms with Gasteiger partial charge in [-0.05, 0) is 43.7 Å². The Bertz CT molecular complexity index is 756. The predicted molar refractivity (Wildman–Crippen MR) is 91.4 cm³/mol. The van der Waals surface area contributed by atoms with E-state index in [-0.39, 0.29) is 18.6 Å². The number of carbonyl (C=O) groups is 1. The molecule has 0 fully saturated rings. The van der Waals surface area contributed by atoms with Gasteiger partial charge in [0.1, 0.15) is 4.88 Å². The number of aryl methyl sites for hydroxylation is 1. The van der Waals surface area contributed by atoms with E-state index in [4.69, 9.17) is 16.3 Å². The first-order valence-corrected chi connectivity index (χ1v) is 8.24. The molecule has 8 heteroatoms. The molecule has 0 radical (unpaired) electrons. The molecule has 1 N–H and O–H groups in total. The average molecular weight is 373 g/mol. The van der Waals surface area contributed by atoms with Gasteiger partial charge in [-0.2, -0.15) is 8.78 Å². The number of aromatic nitrogens is 1. The zero-order chi connectivity index (χ0) is 17.7. The Hall–Kier alpha value is -1.99. The molecule has 0 saturated carbocycles. The highest BCUT2D eigenvalue weighted by Gasteiger charge is 2.17. The van der Waals surface area contributed by atoms with Crippen molar-refractivity contribution in [2.24, 2.45) is 0 Å². The molecule has 0 aliphatic heterocycles. The van der Waals surface area contributed by atoms with Crippen molar-refractivity contribution in [3.63, 3.8) is 0 Å². The number of benzene rings is 1. The molecule has 0 bridgehead atoms. The molecule has 0 amide bonds. The summed E-state index contributed by atoms with van der Waals surface area (Å²) in [4.78, 5) is 16.6. The first-order chi connectivity index (χ1) is 11.4. The van der Waals surface area contributed by atoms with Crippen LogP contribution in [0.5, 0.6) is 0 Å². The van der Waals surface area contributed by atoms with Gasteiger partial charge in [0.15, 0.2) is 5.13 Å². The summed E-state index contributed by atoms with van der Waals surface area (Å²) in [7, 11) is 0. The molecule has 2 aromatic rings. The second-order valence-corrected chi connectivity index (χ2v) is 6.43. The number of nitrogens with zero attached hydrogens (tertiary/aromatic N) is 1. The van der Waals surface area contributed by atoms with Gasteiger partial charge in [-0.15, -0.1) is 0 Å². The van der Waals surface area contributed by atoms with Crippen LogP contribution in [0.3, 0.4) is 0 Å². The van der Waals surface area contributed by atoms with E-state index in [9.17, 15) is 13.6 Å². The number of halogens is 3. The second-order valence-electron chi connectivity index (χ2n) is 4.99. The zero-order valence-electron chi connectivity index (χ0n) is 13.0. The van der Waals surface area contributed by atoms with Crippen LogP contribution < -0.4 is 5.32 Å². The maximum Gasteiger partial charge on any atom is 0.350 e. The summed E-state index contributed by atoms with van der Waals surface area (Å²) in [5.74, 6) is -0.568. The van der Waals surface area contributed by atoms with Crippen molar-refractivity contribution in [2.75, 3.05) is 11.9 Å². The fourth-order valence-corrected chi connectivity index (χ4v) is 2.76. The third kappa shape index (κ3) is 5.01. The van der Waals surface area contributed by atoms with E-state index in [1.54, 1.807) is 31.2 Å². The highest BCUT2D eigenvalue weighted by Crippen LogP contribution is 2.27. The number of hydrogen-bond acceptors (Lipinski definition) is 5. The van der Waals surface area contributed by atoms with E-state index in [2.05, 4.69) is 10.3 Å². The molecule has 0 saturated heterocycles. The van der Waals surface area contributed by atoms with Crippen molar-refractivity contribution in [1.29, 1.82) is 0 Å². The summed E-state index contributed by atoms with van der Waals surface area (Å²) in [6, 6.07) is 7.05. The standard InChI is InChI=1S/C16H15ClF2N2O2S/c1-9(14(18)19)7-8-23-15(22)13-10(2)20-16(24-13)21-12-5-3-11(17)4-6-12/h3-6H,7-8H2,1-2H3,(H,20,21). The minimum absolute atomic E-state index is 0.00179. The second kappa shape index (κ2) is 8.21. The van der Waals surface area contributed by atoms with E-state index < -0.39 is 12.0 Å². The highest BCUT2D eigenvalue weighted by atomic mass is 35.5. The Morgan fingerprint density at radius 1 is 1.33 bits per heavy atom. The number of esters is 1. The molecule has 24 heavy (non-hydrogen) atoms. The van der Waals surface area contributed by atoms with Crippen LogP contribution in [0, 0.1) is 6.92 Å². The third-order valence-electron chi connectivity index (χ3n) is 3.11. The van der Waals surface area contributed by atoms with Crippen LogP contribution in [0.2, 0.25) is 5.02 Å². The summed E-state index contributed by atoms with van der Waals surface area (Å²) in [6.07, 6.45) is -1.74. The number of ether oxygens (including phenoxy) is 1. The molecule has 0 spiro atoms. The van der Waals surface area contributed by atoms with Gasteiger partial charge in [0.2, 0.25) is 0 Å². The molecule has 1 heterocycles. The summed E-state index contributed by atoms with van der Waals surface area (Å²) in [6.45, 7) is 2.89. The number of nitrogens with one attached hydrogen (secondary N) is 1. The van der Waals surface area contributed by atoms with Crippen LogP contribution in [0.4, 0.5) is 19.6 Å². The van der Waals surface area contributed by atoms with Crippen LogP contribution in [-0.2, 0) is 4.74 Å². The Labute approximate surface area is 147 Å². The van der Waals surface area contributed by atoms with E-state index in [0.29, 0.717) is 20.7 Å². The average Bonchev–Trinajstić information content (AvgIpc) is 2.89. The van der Waals surface area contributed by atoms with Crippen molar-refractivity contribution in [2.45, 2.75) is 20.3 Å². The molecule has 1 aromatic heterocycles. The van der Waals surface area contributed by atoms with E-state index in [1.807, 2.05) is 0 Å². The minimum atomic E-state index is -1.74. The van der Waals surface area contributed by atoms with Gasteiger partial charge in [0.05, 0.1) is 12.3 Å². The topological polar surface area (TPSA) is 51.2 Å². The van der Waals surface area contributed by atoms with E-state index in [1.165, 1.54) is 6.92 Å². The summed E-state index contributed by atoms with van der Waals surface area (Å²) < 4.78 is 29.6. The van der Waals surface area contributed by atoms with Crippen molar-refractivity contribution >= 4 is 39.7 Å². The lowest BCUT2D eigenvalue weighted by Crippen LogP contribution is -2.06. The fraction of sp³-hybridized carbons (Fsp3) is 0.250. The summed E-state index contributed by atoms with van der Waals surface area (Å²) in [5.41, 5.74) is 1.21. The van der Waals surface area contributed by atoms with E-state index >= 15 is 0 Å². The van der Waals surface area contributed by atoms with Gasteiger partial charge in [0, 0.05) is 17.1 Å². The molecule has 128 valence electrons. The van der Waals surface area contributed by atoms with Crippen molar-refractivity contribution in [1.82, 2.24) is 4.98 Å². The molecule has 4 nitrogen and oxygen atoms in total. The van der Waals surface area contributed by atoms with Gasteiger partial charge in [0.25, 0.3) is 6.08 Å². The maximum absolute atomic E-state index is 12.3. The first-order valence-electron chi connectivity index (χ1n) is 7.04. The molecule has 0 unspecified atom stereocenters. The third-order valence-corrected chi connectivity index (χ3v) is 4.42. The number of rotatable bonds is 6. The lowest BCUT2D eigenvalue weighted by molar-refractivity contribution is 0.0512. The first kappa shape index (κ1) is 18.4. The molecule has 0 aliphatic carbocycles. The van der Waals surface area contributed by atoms with Gasteiger partial charge in [-0.3, -0.25) is 0 Å². The molecule has 2 rings (SSSR count). The largest absolute Gasteiger partial charge is 0.461 e. The SMILES string of the molecule is CC(CCOC(=O)c1sc(Nc2ccc(Cl)cc2)nc1C)=C(F)F. The molecule has 1 aromatic carbocycles. The maximum atomic E-state index is 12.3. The summed E-state index contributed by atoms with van der Waals surface area (Å²) >= 11 is 6.97. The van der Waals surface area contributed by atoms with Gasteiger partial charge in [-0.25, -0.2) is 9.78 Å². The number of carbonyl (C=O) groups excluding carboxylic acids is 1. The zero-order valence-corrected chi connectivity index (χ0v) is 14.6. The monoisotopic (exact) mass is 372 g/mol. The molecule has 0 aliphatic rings. The Morgan fingerprint density at radius 3 is 2.62 bits per heavy atom. The highest BCUT2D eigenvalue weighted by molar-refractivity contribution is 7.17. The van der Waals surface area contributed by atoms with Crippen LogP contribution in [0.1, 0.15) is 28.7 Å². The van der Waals surface area contributed by atoms with Gasteiger partial charge >= 0.3 is 5.97 Å². The van der Waals surface area contributed by atoms with Crippen molar-refractivity contribution in [3.05, 3.63) is 51.5 Å². The molecular formula is C16H15ClF2N2O2S. The minimum Gasteiger partial charge on any atom is -0.461 e. The van der Waals surface area contributed by atoms with Crippen molar-refractivity contribution in [3.8, 4) is 0 Å². The Balaban J connectivity index is 1.98. The molecular weight excluding hydrogens is 358 g/mol. The van der Waals surface area contributed by atoms with Gasteiger partial charge in [-0.1, -0.05) is 22.9 Å². The number of hydrogen-bond donors (Lipinski definition) is 1. The van der Waals surface area contributed by atoms with E-state index in [0.717, 1.165) is 17.0 Å². The van der Waals surface area contributed by atoms with Crippen LogP contribution in [0.15, 0.2) is 35.9 Å². The lowest BCUT2D eigenvalue weighted by atomic mass is 10.2. The Morgan fingerprint density at radius 2 is 2.00 bits per heavy atom. The summed E-state index contributed by atoms with van der Waals surface area (Å²) in [5, 5.41) is 4.23. The smallest absolute Gasteiger partial charge is 0.350 e. The number of anilines is 2.